The zero-order chi connectivity index (χ0) is 14.0. The van der Waals surface area contributed by atoms with E-state index in [0.717, 1.165) is 24.2 Å². The maximum atomic E-state index is 5.78. The Morgan fingerprint density at radius 1 is 1.37 bits per heavy atom. The van der Waals surface area contributed by atoms with Crippen LogP contribution in [0, 0.1) is 12.3 Å². The second-order valence-electron chi connectivity index (χ2n) is 6.08. The van der Waals surface area contributed by atoms with Gasteiger partial charge in [-0.1, -0.05) is 19.9 Å². The van der Waals surface area contributed by atoms with E-state index in [0.29, 0.717) is 12.4 Å². The summed E-state index contributed by atoms with van der Waals surface area (Å²) in [6.07, 6.45) is 0. The van der Waals surface area contributed by atoms with Crippen LogP contribution < -0.4 is 5.73 Å². The first kappa shape index (κ1) is 14.0. The van der Waals surface area contributed by atoms with Gasteiger partial charge in [0.05, 0.1) is 0 Å². The third kappa shape index (κ3) is 3.55. The number of aryl methyl sites for hydroxylation is 1. The van der Waals surface area contributed by atoms with Crippen molar-refractivity contribution in [3.63, 3.8) is 0 Å². The molecule has 0 bridgehead atoms. The zero-order valence-electron chi connectivity index (χ0n) is 12.2. The van der Waals surface area contributed by atoms with E-state index < -0.39 is 0 Å². The van der Waals surface area contributed by atoms with Crippen LogP contribution in [0.25, 0.3) is 11.1 Å². The van der Waals surface area contributed by atoms with Gasteiger partial charge in [0.15, 0.2) is 11.5 Å². The van der Waals surface area contributed by atoms with Crippen LogP contribution in [0.5, 0.6) is 0 Å². The SMILES string of the molecule is Cc1nc2cc(CN(C)CC(C)(C)CN)ccc2o1. The van der Waals surface area contributed by atoms with Crippen LogP contribution in [0.4, 0.5) is 0 Å². The van der Waals surface area contributed by atoms with E-state index in [1.807, 2.05) is 13.0 Å². The number of rotatable bonds is 5. The fourth-order valence-corrected chi connectivity index (χ4v) is 2.35. The van der Waals surface area contributed by atoms with Gasteiger partial charge < -0.3 is 15.1 Å². The summed E-state index contributed by atoms with van der Waals surface area (Å²) in [4.78, 5) is 6.66. The van der Waals surface area contributed by atoms with Gasteiger partial charge in [-0.3, -0.25) is 0 Å². The van der Waals surface area contributed by atoms with Crippen molar-refractivity contribution in [1.29, 1.82) is 0 Å². The third-order valence-electron chi connectivity index (χ3n) is 3.26. The van der Waals surface area contributed by atoms with E-state index in [-0.39, 0.29) is 5.41 Å². The second kappa shape index (κ2) is 5.31. The lowest BCUT2D eigenvalue weighted by atomic mass is 9.93. The van der Waals surface area contributed by atoms with Gasteiger partial charge in [0.1, 0.15) is 5.52 Å². The van der Waals surface area contributed by atoms with Gasteiger partial charge in [0.25, 0.3) is 0 Å². The van der Waals surface area contributed by atoms with Crippen LogP contribution in [0.3, 0.4) is 0 Å². The summed E-state index contributed by atoms with van der Waals surface area (Å²) in [5, 5.41) is 0. The number of benzene rings is 1. The lowest BCUT2D eigenvalue weighted by molar-refractivity contribution is 0.210. The average molecular weight is 261 g/mol. The number of nitrogens with zero attached hydrogens (tertiary/aromatic N) is 2. The van der Waals surface area contributed by atoms with E-state index in [1.54, 1.807) is 0 Å². The van der Waals surface area contributed by atoms with Crippen LogP contribution >= 0.6 is 0 Å². The lowest BCUT2D eigenvalue weighted by Crippen LogP contribution is -2.36. The quantitative estimate of drug-likeness (QED) is 0.898. The Morgan fingerprint density at radius 2 is 2.11 bits per heavy atom. The molecule has 19 heavy (non-hydrogen) atoms. The number of oxazole rings is 1. The van der Waals surface area contributed by atoms with E-state index >= 15 is 0 Å². The predicted octanol–water partition coefficient (Wildman–Crippen LogP) is 2.55. The van der Waals surface area contributed by atoms with E-state index in [9.17, 15) is 0 Å². The molecule has 0 aliphatic rings. The molecule has 1 aromatic heterocycles. The van der Waals surface area contributed by atoms with Gasteiger partial charge in [-0.2, -0.15) is 0 Å². The van der Waals surface area contributed by atoms with Crippen molar-refractivity contribution in [2.24, 2.45) is 11.1 Å². The Bertz CT molecular complexity index is 560. The number of hydrogen-bond donors (Lipinski definition) is 1. The Hall–Kier alpha value is -1.39. The maximum absolute atomic E-state index is 5.78. The minimum atomic E-state index is 0.142. The van der Waals surface area contributed by atoms with Crippen molar-refractivity contribution in [3.05, 3.63) is 29.7 Å². The molecule has 0 aliphatic heterocycles. The number of aromatic nitrogens is 1. The molecule has 0 aliphatic carbocycles. The van der Waals surface area contributed by atoms with Gasteiger partial charge in [-0.25, -0.2) is 4.98 Å². The first-order chi connectivity index (χ1) is 8.89. The van der Waals surface area contributed by atoms with Crippen molar-refractivity contribution in [2.45, 2.75) is 27.3 Å². The molecule has 1 aromatic carbocycles. The summed E-state index contributed by atoms with van der Waals surface area (Å²) >= 11 is 0. The summed E-state index contributed by atoms with van der Waals surface area (Å²) in [5.41, 5.74) is 8.95. The van der Waals surface area contributed by atoms with Crippen molar-refractivity contribution < 1.29 is 4.42 Å². The van der Waals surface area contributed by atoms with E-state index in [1.165, 1.54) is 5.56 Å². The standard InChI is InChI=1S/C15H23N3O/c1-11-17-13-7-12(5-6-14(13)19-11)8-18(4)10-15(2,3)9-16/h5-7H,8-10,16H2,1-4H3. The first-order valence-corrected chi connectivity index (χ1v) is 6.64. The molecule has 1 heterocycles. The fraction of sp³-hybridized carbons (Fsp3) is 0.533. The van der Waals surface area contributed by atoms with Gasteiger partial charge >= 0.3 is 0 Å². The summed E-state index contributed by atoms with van der Waals surface area (Å²) in [6.45, 7) is 8.81. The van der Waals surface area contributed by atoms with Crippen molar-refractivity contribution in [2.75, 3.05) is 20.1 Å². The first-order valence-electron chi connectivity index (χ1n) is 6.64. The Balaban J connectivity index is 2.08. The fourth-order valence-electron chi connectivity index (χ4n) is 2.35. The Morgan fingerprint density at radius 3 is 2.79 bits per heavy atom. The molecule has 2 aromatic rings. The monoisotopic (exact) mass is 261 g/mol. The third-order valence-corrected chi connectivity index (χ3v) is 3.26. The highest BCUT2D eigenvalue weighted by atomic mass is 16.3. The summed E-state index contributed by atoms with van der Waals surface area (Å²) < 4.78 is 5.48. The van der Waals surface area contributed by atoms with Crippen LogP contribution in [0.15, 0.2) is 22.6 Å². The number of fused-ring (bicyclic) bond motifs is 1. The maximum Gasteiger partial charge on any atom is 0.192 e. The van der Waals surface area contributed by atoms with Crippen molar-refractivity contribution in [1.82, 2.24) is 9.88 Å². The predicted molar refractivity (Wildman–Crippen MR) is 77.9 cm³/mol. The zero-order valence-corrected chi connectivity index (χ0v) is 12.2. The Labute approximate surface area is 114 Å². The highest BCUT2D eigenvalue weighted by Gasteiger charge is 2.18. The van der Waals surface area contributed by atoms with Crippen molar-refractivity contribution >= 4 is 11.1 Å². The summed E-state index contributed by atoms with van der Waals surface area (Å²) in [6, 6.07) is 6.18. The minimum Gasteiger partial charge on any atom is -0.441 e. The van der Waals surface area contributed by atoms with Crippen molar-refractivity contribution in [3.8, 4) is 0 Å². The van der Waals surface area contributed by atoms with Gasteiger partial charge in [-0.15, -0.1) is 0 Å². The molecule has 4 nitrogen and oxygen atoms in total. The highest BCUT2D eigenvalue weighted by Crippen LogP contribution is 2.19. The normalized spacial score (nSPS) is 12.5. The number of nitrogens with two attached hydrogens (primary N) is 1. The molecule has 4 heteroatoms. The molecule has 2 N–H and O–H groups in total. The summed E-state index contributed by atoms with van der Waals surface area (Å²) in [5.74, 6) is 0.713. The van der Waals surface area contributed by atoms with Gasteiger partial charge in [0, 0.05) is 20.0 Å². The minimum absolute atomic E-state index is 0.142. The van der Waals surface area contributed by atoms with Crippen LogP contribution in [0.2, 0.25) is 0 Å². The van der Waals surface area contributed by atoms with Gasteiger partial charge in [-0.05, 0) is 36.7 Å². The molecule has 0 spiro atoms. The molecule has 0 fully saturated rings. The molecule has 0 amide bonds. The van der Waals surface area contributed by atoms with Gasteiger partial charge in [0.2, 0.25) is 0 Å². The molecule has 0 atom stereocenters. The largest absolute Gasteiger partial charge is 0.441 e. The average Bonchev–Trinajstić information content (AvgIpc) is 2.67. The molecular formula is C15H23N3O. The molecule has 0 unspecified atom stereocenters. The van der Waals surface area contributed by atoms with Crippen LogP contribution in [-0.4, -0.2) is 30.0 Å². The molecule has 104 valence electrons. The smallest absolute Gasteiger partial charge is 0.192 e. The molecule has 2 rings (SSSR count). The lowest BCUT2D eigenvalue weighted by Gasteiger charge is -2.29. The van der Waals surface area contributed by atoms with Crippen LogP contribution in [-0.2, 0) is 6.54 Å². The second-order valence-corrected chi connectivity index (χ2v) is 6.08. The van der Waals surface area contributed by atoms with E-state index in [4.69, 9.17) is 10.2 Å². The molecule has 0 radical (unpaired) electrons. The highest BCUT2D eigenvalue weighted by molar-refractivity contribution is 5.73. The molecule has 0 saturated heterocycles. The Kier molecular flexibility index (Phi) is 3.92. The summed E-state index contributed by atoms with van der Waals surface area (Å²) in [7, 11) is 2.12. The van der Waals surface area contributed by atoms with E-state index in [2.05, 4.69) is 42.9 Å². The molecule has 0 saturated carbocycles. The number of hydrogen-bond acceptors (Lipinski definition) is 4. The topological polar surface area (TPSA) is 55.3 Å². The van der Waals surface area contributed by atoms with Crippen LogP contribution in [0.1, 0.15) is 25.3 Å². The molecular weight excluding hydrogens is 238 g/mol.